The smallest absolute Gasteiger partial charge is 0.257 e. The van der Waals surface area contributed by atoms with Crippen LogP contribution in [0.25, 0.3) is 0 Å². The number of halogens is 3. The molecule has 0 atom stereocenters. The van der Waals surface area contributed by atoms with E-state index in [4.69, 9.17) is 34.8 Å². The number of carbonyl (C=O) groups is 2. The molecule has 0 heterocycles. The van der Waals surface area contributed by atoms with Crippen molar-refractivity contribution in [1.82, 2.24) is 0 Å². The van der Waals surface area contributed by atoms with E-state index in [1.165, 1.54) is 18.2 Å². The van der Waals surface area contributed by atoms with Gasteiger partial charge in [-0.3, -0.25) is 9.59 Å². The van der Waals surface area contributed by atoms with Gasteiger partial charge in [-0.05, 0) is 48.0 Å². The van der Waals surface area contributed by atoms with E-state index in [1.807, 2.05) is 0 Å². The van der Waals surface area contributed by atoms with Crippen molar-refractivity contribution in [3.05, 3.63) is 63.6 Å². The Balaban J connectivity index is 2.25. The van der Waals surface area contributed by atoms with Crippen molar-refractivity contribution < 1.29 is 9.59 Å². The zero-order valence-electron chi connectivity index (χ0n) is 9.99. The Hall–Kier alpha value is -1.55. The van der Waals surface area contributed by atoms with E-state index in [0.717, 1.165) is 0 Å². The van der Waals surface area contributed by atoms with Crippen molar-refractivity contribution in [2.75, 3.05) is 5.32 Å². The molecule has 2 rings (SSSR count). The molecule has 0 saturated carbocycles. The fraction of sp³-hybridized carbons (Fsp3) is 0. The Morgan fingerprint density at radius 1 is 1.00 bits per heavy atom. The van der Waals surface area contributed by atoms with Crippen LogP contribution in [0.3, 0.4) is 0 Å². The molecule has 0 aliphatic heterocycles. The first-order valence-corrected chi connectivity index (χ1v) is 6.67. The van der Waals surface area contributed by atoms with E-state index < -0.39 is 11.1 Å². The van der Waals surface area contributed by atoms with Crippen molar-refractivity contribution in [3.63, 3.8) is 0 Å². The Morgan fingerprint density at radius 3 is 2.45 bits per heavy atom. The highest BCUT2D eigenvalue weighted by atomic mass is 35.5. The Morgan fingerprint density at radius 2 is 1.75 bits per heavy atom. The number of hydrogen-bond donors (Lipinski definition) is 1. The molecule has 0 bridgehead atoms. The number of hydrogen-bond acceptors (Lipinski definition) is 2. The normalized spacial score (nSPS) is 10.2. The summed E-state index contributed by atoms with van der Waals surface area (Å²) in [6, 6.07) is 10.9. The summed E-state index contributed by atoms with van der Waals surface area (Å²) in [5, 5.41) is 2.73. The zero-order valence-corrected chi connectivity index (χ0v) is 12.3. The highest BCUT2D eigenvalue weighted by Crippen LogP contribution is 2.22. The van der Waals surface area contributed by atoms with Gasteiger partial charge in [0.1, 0.15) is 0 Å². The summed E-state index contributed by atoms with van der Waals surface area (Å²) >= 11 is 17.2. The number of rotatable bonds is 3. The Labute approximate surface area is 130 Å². The van der Waals surface area contributed by atoms with Crippen LogP contribution in [0.1, 0.15) is 20.7 Å². The second kappa shape index (κ2) is 6.27. The molecule has 0 aliphatic rings. The summed E-state index contributed by atoms with van der Waals surface area (Å²) < 4.78 is 0. The first-order chi connectivity index (χ1) is 9.47. The fourth-order valence-electron chi connectivity index (χ4n) is 1.59. The van der Waals surface area contributed by atoms with Crippen LogP contribution in [0.4, 0.5) is 5.69 Å². The topological polar surface area (TPSA) is 46.2 Å². The van der Waals surface area contributed by atoms with E-state index in [2.05, 4.69) is 5.32 Å². The van der Waals surface area contributed by atoms with Gasteiger partial charge >= 0.3 is 0 Å². The molecular formula is C14H8Cl3NO2. The van der Waals surface area contributed by atoms with Crippen LogP contribution in [0.5, 0.6) is 0 Å². The summed E-state index contributed by atoms with van der Waals surface area (Å²) in [5.41, 5.74) is 0.987. The lowest BCUT2D eigenvalue weighted by molar-refractivity contribution is 0.102. The predicted octanol–water partition coefficient (Wildman–Crippen LogP) is 4.62. The molecular weight excluding hydrogens is 321 g/mol. The maximum atomic E-state index is 12.1. The van der Waals surface area contributed by atoms with Gasteiger partial charge in [-0.1, -0.05) is 29.3 Å². The van der Waals surface area contributed by atoms with Crippen molar-refractivity contribution in [2.24, 2.45) is 0 Å². The van der Waals surface area contributed by atoms with Crippen LogP contribution < -0.4 is 5.32 Å². The van der Waals surface area contributed by atoms with E-state index in [9.17, 15) is 9.59 Å². The largest absolute Gasteiger partial charge is 0.322 e. The number of anilines is 1. The highest BCUT2D eigenvalue weighted by molar-refractivity contribution is 6.67. The molecule has 2 aromatic carbocycles. The maximum absolute atomic E-state index is 12.1. The van der Waals surface area contributed by atoms with Gasteiger partial charge in [0.15, 0.2) is 0 Å². The summed E-state index contributed by atoms with van der Waals surface area (Å²) in [6.07, 6.45) is 0. The van der Waals surface area contributed by atoms with Gasteiger partial charge < -0.3 is 5.32 Å². The summed E-state index contributed by atoms with van der Waals surface area (Å²) in [6.45, 7) is 0. The monoisotopic (exact) mass is 327 g/mol. The van der Waals surface area contributed by atoms with Gasteiger partial charge in [-0.25, -0.2) is 0 Å². The van der Waals surface area contributed by atoms with Crippen LogP contribution in [0.15, 0.2) is 42.5 Å². The summed E-state index contributed by atoms with van der Waals surface area (Å²) in [4.78, 5) is 23.2. The Bertz CT molecular complexity index is 686. The second-order valence-corrected chi connectivity index (χ2v) is 5.12. The highest BCUT2D eigenvalue weighted by Gasteiger charge is 2.12. The molecule has 0 aliphatic carbocycles. The quantitative estimate of drug-likeness (QED) is 0.835. The van der Waals surface area contributed by atoms with Gasteiger partial charge in [0.05, 0.1) is 10.6 Å². The van der Waals surface area contributed by atoms with Gasteiger partial charge in [-0.15, -0.1) is 0 Å². The molecule has 3 nitrogen and oxygen atoms in total. The van der Waals surface area contributed by atoms with Crippen LogP contribution >= 0.6 is 34.8 Å². The first kappa shape index (κ1) is 14.9. The number of carbonyl (C=O) groups excluding carboxylic acids is 2. The molecule has 0 fully saturated rings. The second-order valence-electron chi connectivity index (χ2n) is 3.93. The van der Waals surface area contributed by atoms with Crippen LogP contribution in [-0.2, 0) is 0 Å². The third-order valence-electron chi connectivity index (χ3n) is 2.52. The van der Waals surface area contributed by atoms with Crippen molar-refractivity contribution in [2.45, 2.75) is 0 Å². The van der Waals surface area contributed by atoms with Crippen molar-refractivity contribution >= 4 is 51.6 Å². The van der Waals surface area contributed by atoms with E-state index >= 15 is 0 Å². The first-order valence-electron chi connectivity index (χ1n) is 5.53. The summed E-state index contributed by atoms with van der Waals surface area (Å²) in [5.74, 6) is -0.420. The molecule has 0 radical (unpaired) electrons. The maximum Gasteiger partial charge on any atom is 0.257 e. The summed E-state index contributed by atoms with van der Waals surface area (Å²) in [7, 11) is 0. The molecule has 2 aromatic rings. The average molecular weight is 329 g/mol. The van der Waals surface area contributed by atoms with Gasteiger partial charge in [0.2, 0.25) is 0 Å². The van der Waals surface area contributed by atoms with Crippen LogP contribution in [-0.4, -0.2) is 11.1 Å². The SMILES string of the molecule is O=C(Cl)c1cccc(NC(=O)c2cc(Cl)ccc2Cl)c1. The van der Waals surface area contributed by atoms with Crippen molar-refractivity contribution in [1.29, 1.82) is 0 Å². The third-order valence-corrected chi connectivity index (χ3v) is 3.30. The Kier molecular flexibility index (Phi) is 4.65. The zero-order chi connectivity index (χ0) is 14.7. The number of benzene rings is 2. The molecule has 0 spiro atoms. The molecule has 6 heteroatoms. The molecule has 102 valence electrons. The van der Waals surface area contributed by atoms with Crippen molar-refractivity contribution in [3.8, 4) is 0 Å². The lowest BCUT2D eigenvalue weighted by Gasteiger charge is -2.08. The van der Waals surface area contributed by atoms with Gasteiger partial charge in [0.25, 0.3) is 11.1 Å². The van der Waals surface area contributed by atoms with Crippen LogP contribution in [0, 0.1) is 0 Å². The predicted molar refractivity (Wildman–Crippen MR) is 81.0 cm³/mol. The molecule has 0 saturated heterocycles. The third kappa shape index (κ3) is 3.51. The molecule has 1 amide bonds. The van der Waals surface area contributed by atoms with Crippen LogP contribution in [0.2, 0.25) is 10.0 Å². The minimum absolute atomic E-state index is 0.252. The van der Waals surface area contributed by atoms with Gasteiger partial charge in [-0.2, -0.15) is 0 Å². The number of nitrogens with one attached hydrogen (secondary N) is 1. The molecule has 0 unspecified atom stereocenters. The molecule has 1 N–H and O–H groups in total. The standard InChI is InChI=1S/C14H8Cl3NO2/c15-9-4-5-12(16)11(7-9)14(20)18-10-3-1-2-8(6-10)13(17)19/h1-7H,(H,18,20). The molecule has 20 heavy (non-hydrogen) atoms. The van der Waals surface area contributed by atoms with E-state index in [1.54, 1.807) is 24.3 Å². The van der Waals surface area contributed by atoms with E-state index in [0.29, 0.717) is 16.3 Å². The molecule has 0 aromatic heterocycles. The number of amides is 1. The minimum Gasteiger partial charge on any atom is -0.322 e. The minimum atomic E-state index is -0.595. The van der Waals surface area contributed by atoms with Gasteiger partial charge in [0, 0.05) is 16.3 Å². The lowest BCUT2D eigenvalue weighted by Crippen LogP contribution is -2.12. The fourth-order valence-corrected chi connectivity index (χ4v) is 2.08. The average Bonchev–Trinajstić information content (AvgIpc) is 2.41. The van der Waals surface area contributed by atoms with E-state index in [-0.39, 0.29) is 10.6 Å². The lowest BCUT2D eigenvalue weighted by atomic mass is 10.2.